The Balaban J connectivity index is 1.67. The number of likely N-dealkylation sites (tertiary alicyclic amines) is 1. The maximum absolute atomic E-state index is 14.3. The smallest absolute Gasteiger partial charge is 0.141 e. The Kier molecular flexibility index (Phi) is 2.45. The summed E-state index contributed by atoms with van der Waals surface area (Å²) in [6.07, 6.45) is 0. The van der Waals surface area contributed by atoms with Gasteiger partial charge in [-0.3, -0.25) is 4.90 Å². The van der Waals surface area contributed by atoms with Crippen LogP contribution in [0.25, 0.3) is 0 Å². The standard InChI is InChI=1S/C13H17FN2/c14-13-9-15-6-12(13)8-16(10-13)7-11-4-2-1-3-5-11/h1-5,12,15H,6-10H2/t12-,13-/m1/s1. The third kappa shape index (κ3) is 1.74. The first-order chi connectivity index (χ1) is 7.76. The van der Waals surface area contributed by atoms with Crippen LogP contribution in [0.3, 0.4) is 0 Å². The molecule has 2 aliphatic rings. The van der Waals surface area contributed by atoms with Crippen LogP contribution in [0.2, 0.25) is 0 Å². The van der Waals surface area contributed by atoms with Gasteiger partial charge in [-0.15, -0.1) is 0 Å². The normalized spacial score (nSPS) is 34.2. The number of rotatable bonds is 2. The predicted octanol–water partition coefficient (Wildman–Crippen LogP) is 1.43. The van der Waals surface area contributed by atoms with Crippen LogP contribution < -0.4 is 5.32 Å². The Labute approximate surface area is 95.4 Å². The van der Waals surface area contributed by atoms with Crippen molar-refractivity contribution in [3.05, 3.63) is 35.9 Å². The molecule has 1 aromatic rings. The first-order valence-electron chi connectivity index (χ1n) is 5.92. The van der Waals surface area contributed by atoms with Crippen molar-refractivity contribution in [3.63, 3.8) is 0 Å². The van der Waals surface area contributed by atoms with Crippen molar-refractivity contribution < 1.29 is 4.39 Å². The third-order valence-electron chi connectivity index (χ3n) is 3.76. The van der Waals surface area contributed by atoms with E-state index < -0.39 is 5.67 Å². The van der Waals surface area contributed by atoms with Crippen molar-refractivity contribution in [1.29, 1.82) is 0 Å². The largest absolute Gasteiger partial charge is 0.313 e. The van der Waals surface area contributed by atoms with Crippen LogP contribution in [0.15, 0.2) is 30.3 Å². The van der Waals surface area contributed by atoms with Gasteiger partial charge in [0.15, 0.2) is 0 Å². The van der Waals surface area contributed by atoms with E-state index in [9.17, 15) is 4.39 Å². The SMILES string of the molecule is F[C@@]12CNC[C@@H]1CN(Cc1ccccc1)C2. The zero-order chi connectivity index (χ0) is 11.0. The molecule has 0 saturated carbocycles. The lowest BCUT2D eigenvalue weighted by molar-refractivity contribution is 0.161. The summed E-state index contributed by atoms with van der Waals surface area (Å²) in [4.78, 5) is 2.24. The van der Waals surface area contributed by atoms with Gasteiger partial charge in [-0.2, -0.15) is 0 Å². The number of fused-ring (bicyclic) bond motifs is 1. The fourth-order valence-corrected chi connectivity index (χ4v) is 2.90. The molecule has 2 heterocycles. The summed E-state index contributed by atoms with van der Waals surface area (Å²) >= 11 is 0. The van der Waals surface area contributed by atoms with E-state index in [1.807, 2.05) is 18.2 Å². The molecular formula is C13H17FN2. The van der Waals surface area contributed by atoms with Gasteiger partial charge >= 0.3 is 0 Å². The molecule has 2 atom stereocenters. The fraction of sp³-hybridized carbons (Fsp3) is 0.538. The van der Waals surface area contributed by atoms with Crippen molar-refractivity contribution in [2.45, 2.75) is 12.2 Å². The van der Waals surface area contributed by atoms with Gasteiger partial charge < -0.3 is 5.32 Å². The lowest BCUT2D eigenvalue weighted by Crippen LogP contribution is -2.34. The van der Waals surface area contributed by atoms with E-state index in [-0.39, 0.29) is 5.92 Å². The third-order valence-corrected chi connectivity index (χ3v) is 3.76. The summed E-state index contributed by atoms with van der Waals surface area (Å²) in [5.41, 5.74) is 0.299. The first-order valence-corrected chi connectivity index (χ1v) is 5.92. The van der Waals surface area contributed by atoms with E-state index in [1.165, 1.54) is 5.56 Å². The molecule has 0 aliphatic carbocycles. The molecule has 0 aromatic heterocycles. The average Bonchev–Trinajstić information content (AvgIpc) is 2.74. The molecule has 3 rings (SSSR count). The second-order valence-electron chi connectivity index (χ2n) is 5.02. The first kappa shape index (κ1) is 10.2. The molecule has 2 nitrogen and oxygen atoms in total. The molecule has 0 bridgehead atoms. The van der Waals surface area contributed by atoms with Gasteiger partial charge in [0.25, 0.3) is 0 Å². The van der Waals surface area contributed by atoms with E-state index in [0.717, 1.165) is 19.6 Å². The van der Waals surface area contributed by atoms with Crippen LogP contribution in [0.1, 0.15) is 5.56 Å². The monoisotopic (exact) mass is 220 g/mol. The van der Waals surface area contributed by atoms with Crippen molar-refractivity contribution in [2.75, 3.05) is 26.2 Å². The number of alkyl halides is 1. The summed E-state index contributed by atoms with van der Waals surface area (Å²) in [5, 5.41) is 3.15. The number of benzene rings is 1. The van der Waals surface area contributed by atoms with E-state index in [4.69, 9.17) is 0 Å². The van der Waals surface area contributed by atoms with Crippen molar-refractivity contribution in [2.24, 2.45) is 5.92 Å². The molecule has 2 aliphatic heterocycles. The van der Waals surface area contributed by atoms with Gasteiger partial charge in [0.05, 0.1) is 0 Å². The second-order valence-corrected chi connectivity index (χ2v) is 5.02. The highest BCUT2D eigenvalue weighted by Gasteiger charge is 2.49. The lowest BCUT2D eigenvalue weighted by atomic mass is 9.97. The topological polar surface area (TPSA) is 15.3 Å². The molecule has 2 saturated heterocycles. The Hall–Kier alpha value is -0.930. The molecular weight excluding hydrogens is 203 g/mol. The van der Waals surface area contributed by atoms with Crippen LogP contribution in [0.4, 0.5) is 4.39 Å². The summed E-state index contributed by atoms with van der Waals surface area (Å²) in [7, 11) is 0. The van der Waals surface area contributed by atoms with E-state index in [1.54, 1.807) is 0 Å². The quantitative estimate of drug-likeness (QED) is 0.811. The lowest BCUT2D eigenvalue weighted by Gasteiger charge is -2.18. The van der Waals surface area contributed by atoms with Crippen LogP contribution in [-0.4, -0.2) is 36.7 Å². The Morgan fingerprint density at radius 2 is 2.19 bits per heavy atom. The number of hydrogen-bond donors (Lipinski definition) is 1. The minimum atomic E-state index is -0.977. The van der Waals surface area contributed by atoms with Gasteiger partial charge in [-0.05, 0) is 5.56 Å². The molecule has 16 heavy (non-hydrogen) atoms. The molecule has 0 radical (unpaired) electrons. The summed E-state index contributed by atoms with van der Waals surface area (Å²) in [5.74, 6) is 0.191. The molecule has 3 heteroatoms. The molecule has 86 valence electrons. The second kappa shape index (κ2) is 3.82. The number of nitrogens with zero attached hydrogens (tertiary/aromatic N) is 1. The van der Waals surface area contributed by atoms with Gasteiger partial charge in [-0.25, -0.2) is 4.39 Å². The van der Waals surface area contributed by atoms with Crippen molar-refractivity contribution >= 4 is 0 Å². The maximum atomic E-state index is 14.3. The van der Waals surface area contributed by atoms with Gasteiger partial charge in [0.2, 0.25) is 0 Å². The van der Waals surface area contributed by atoms with E-state index in [0.29, 0.717) is 13.1 Å². The highest BCUT2D eigenvalue weighted by Crippen LogP contribution is 2.34. The van der Waals surface area contributed by atoms with Gasteiger partial charge in [-0.1, -0.05) is 30.3 Å². The van der Waals surface area contributed by atoms with Crippen LogP contribution in [-0.2, 0) is 6.54 Å². The maximum Gasteiger partial charge on any atom is 0.141 e. The number of halogens is 1. The fourth-order valence-electron chi connectivity index (χ4n) is 2.90. The highest BCUT2D eigenvalue weighted by molar-refractivity contribution is 5.15. The Morgan fingerprint density at radius 1 is 1.38 bits per heavy atom. The predicted molar refractivity (Wildman–Crippen MR) is 61.9 cm³/mol. The van der Waals surface area contributed by atoms with Gasteiger partial charge in [0, 0.05) is 38.6 Å². The molecule has 2 fully saturated rings. The molecule has 0 amide bonds. The molecule has 0 unspecified atom stereocenters. The summed E-state index contributed by atoms with van der Waals surface area (Å²) in [6.45, 7) is 3.71. The highest BCUT2D eigenvalue weighted by atomic mass is 19.1. The summed E-state index contributed by atoms with van der Waals surface area (Å²) < 4.78 is 14.3. The number of hydrogen-bond acceptors (Lipinski definition) is 2. The minimum absolute atomic E-state index is 0.191. The van der Waals surface area contributed by atoms with Crippen molar-refractivity contribution in [1.82, 2.24) is 10.2 Å². The Bertz CT molecular complexity index is 367. The molecule has 0 spiro atoms. The zero-order valence-corrected chi connectivity index (χ0v) is 9.32. The molecule has 1 N–H and O–H groups in total. The molecule has 1 aromatic carbocycles. The number of nitrogens with one attached hydrogen (secondary N) is 1. The van der Waals surface area contributed by atoms with Gasteiger partial charge in [0.1, 0.15) is 5.67 Å². The Morgan fingerprint density at radius 3 is 2.94 bits per heavy atom. The van der Waals surface area contributed by atoms with E-state index >= 15 is 0 Å². The average molecular weight is 220 g/mol. The minimum Gasteiger partial charge on any atom is -0.313 e. The van der Waals surface area contributed by atoms with Crippen LogP contribution in [0.5, 0.6) is 0 Å². The van der Waals surface area contributed by atoms with Crippen LogP contribution >= 0.6 is 0 Å². The van der Waals surface area contributed by atoms with Crippen molar-refractivity contribution in [3.8, 4) is 0 Å². The summed E-state index contributed by atoms with van der Waals surface area (Å²) in [6, 6.07) is 10.3. The zero-order valence-electron chi connectivity index (χ0n) is 9.32. The van der Waals surface area contributed by atoms with E-state index in [2.05, 4.69) is 22.3 Å². The van der Waals surface area contributed by atoms with Crippen LogP contribution in [0, 0.1) is 5.92 Å².